The van der Waals surface area contributed by atoms with Crippen molar-refractivity contribution in [2.24, 2.45) is 11.8 Å². The molecule has 0 heterocycles. The zero-order valence-corrected chi connectivity index (χ0v) is 17.2. The molecule has 3 rings (SSSR count). The maximum atomic E-state index is 13.0. The Morgan fingerprint density at radius 2 is 1.76 bits per heavy atom. The van der Waals surface area contributed by atoms with E-state index in [4.69, 9.17) is 4.74 Å². The Labute approximate surface area is 172 Å². The van der Waals surface area contributed by atoms with Gasteiger partial charge in [-0.15, -0.1) is 0 Å². The molecule has 0 radical (unpaired) electrons. The van der Waals surface area contributed by atoms with Crippen LogP contribution >= 0.6 is 0 Å². The summed E-state index contributed by atoms with van der Waals surface area (Å²) < 4.78 is 5.22. The largest absolute Gasteiger partial charge is 0.497 e. The molecule has 5 heteroatoms. The van der Waals surface area contributed by atoms with E-state index in [2.05, 4.69) is 17.6 Å². The van der Waals surface area contributed by atoms with Gasteiger partial charge in [0.15, 0.2) is 0 Å². The molecule has 0 aromatic heterocycles. The molecule has 0 saturated heterocycles. The van der Waals surface area contributed by atoms with E-state index in [1.807, 2.05) is 48.5 Å². The quantitative estimate of drug-likeness (QED) is 0.740. The van der Waals surface area contributed by atoms with Gasteiger partial charge in [-0.3, -0.25) is 9.59 Å². The minimum Gasteiger partial charge on any atom is -0.497 e. The maximum absolute atomic E-state index is 13.0. The van der Waals surface area contributed by atoms with Crippen LogP contribution in [-0.2, 0) is 16.0 Å². The van der Waals surface area contributed by atoms with Crippen molar-refractivity contribution in [3.63, 3.8) is 0 Å². The summed E-state index contributed by atoms with van der Waals surface area (Å²) in [5.74, 6) is 1.10. The number of carbonyl (C=O) groups is 2. The van der Waals surface area contributed by atoms with E-state index in [0.29, 0.717) is 23.8 Å². The number of ether oxygens (including phenoxy) is 1. The summed E-state index contributed by atoms with van der Waals surface area (Å²) in [6, 6.07) is 16.4. The molecule has 154 valence electrons. The van der Waals surface area contributed by atoms with Crippen molar-refractivity contribution in [3.8, 4) is 5.75 Å². The standard InChI is InChI=1S/C24H30N2O3/c1-17-11-13-19(14-12-17)23(27)26-22(15-18-7-4-3-5-8-18)24(28)25-20-9-6-10-21(16-20)29-2/h3-10,16-17,19,22H,11-15H2,1-2H3,(H,25,28)(H,26,27)/t17?,19?,22-/m0/s1. The minimum absolute atomic E-state index is 0.00547. The average molecular weight is 395 g/mol. The molecule has 1 saturated carbocycles. The zero-order valence-electron chi connectivity index (χ0n) is 17.2. The van der Waals surface area contributed by atoms with Crippen molar-refractivity contribution in [1.82, 2.24) is 5.32 Å². The second kappa shape index (κ2) is 10.1. The lowest BCUT2D eigenvalue weighted by atomic mass is 9.82. The molecular weight excluding hydrogens is 364 g/mol. The molecule has 2 amide bonds. The molecule has 0 aliphatic heterocycles. The van der Waals surface area contributed by atoms with Crippen molar-refractivity contribution in [2.75, 3.05) is 12.4 Å². The van der Waals surface area contributed by atoms with Crippen molar-refractivity contribution >= 4 is 17.5 Å². The first-order valence-corrected chi connectivity index (χ1v) is 10.3. The van der Waals surface area contributed by atoms with E-state index in [0.717, 1.165) is 31.2 Å². The molecular formula is C24H30N2O3. The summed E-state index contributed by atoms with van der Waals surface area (Å²) in [5, 5.41) is 5.94. The van der Waals surface area contributed by atoms with E-state index < -0.39 is 6.04 Å². The van der Waals surface area contributed by atoms with Crippen LogP contribution in [0.3, 0.4) is 0 Å². The summed E-state index contributed by atoms with van der Waals surface area (Å²) in [5.41, 5.74) is 1.66. The second-order valence-corrected chi connectivity index (χ2v) is 7.93. The molecule has 0 unspecified atom stereocenters. The molecule has 2 N–H and O–H groups in total. The third-order valence-corrected chi connectivity index (χ3v) is 5.64. The van der Waals surface area contributed by atoms with Crippen LogP contribution < -0.4 is 15.4 Å². The van der Waals surface area contributed by atoms with E-state index in [9.17, 15) is 9.59 Å². The van der Waals surface area contributed by atoms with Crippen molar-refractivity contribution < 1.29 is 14.3 Å². The highest BCUT2D eigenvalue weighted by molar-refractivity contribution is 5.97. The van der Waals surface area contributed by atoms with Crippen molar-refractivity contribution in [1.29, 1.82) is 0 Å². The first-order valence-electron chi connectivity index (χ1n) is 10.3. The lowest BCUT2D eigenvalue weighted by Crippen LogP contribution is -2.47. The lowest BCUT2D eigenvalue weighted by Gasteiger charge is -2.27. The Bertz CT molecular complexity index is 814. The first kappa shape index (κ1) is 20.9. The number of rotatable bonds is 7. The van der Waals surface area contributed by atoms with Gasteiger partial charge >= 0.3 is 0 Å². The number of benzene rings is 2. The summed E-state index contributed by atoms with van der Waals surface area (Å²) in [6.45, 7) is 2.23. The van der Waals surface area contributed by atoms with Gasteiger partial charge in [-0.2, -0.15) is 0 Å². The highest BCUT2D eigenvalue weighted by Crippen LogP contribution is 2.28. The van der Waals surface area contributed by atoms with Crippen LogP contribution in [0, 0.1) is 11.8 Å². The highest BCUT2D eigenvalue weighted by Gasteiger charge is 2.28. The fourth-order valence-electron chi connectivity index (χ4n) is 3.80. The third kappa shape index (κ3) is 6.08. The predicted molar refractivity (Wildman–Crippen MR) is 115 cm³/mol. The van der Waals surface area contributed by atoms with Crippen molar-refractivity contribution in [2.45, 2.75) is 45.1 Å². The Morgan fingerprint density at radius 1 is 1.03 bits per heavy atom. The number of carbonyl (C=O) groups excluding carboxylic acids is 2. The van der Waals surface area contributed by atoms with Crippen LogP contribution in [0.5, 0.6) is 5.75 Å². The van der Waals surface area contributed by atoms with Gasteiger partial charge in [0, 0.05) is 24.1 Å². The van der Waals surface area contributed by atoms with E-state index in [1.54, 1.807) is 13.2 Å². The molecule has 29 heavy (non-hydrogen) atoms. The van der Waals surface area contributed by atoms with Gasteiger partial charge in [0.2, 0.25) is 11.8 Å². The van der Waals surface area contributed by atoms with Gasteiger partial charge in [-0.1, -0.05) is 43.3 Å². The monoisotopic (exact) mass is 394 g/mol. The first-order chi connectivity index (χ1) is 14.0. The Morgan fingerprint density at radius 3 is 2.45 bits per heavy atom. The second-order valence-electron chi connectivity index (χ2n) is 7.93. The van der Waals surface area contributed by atoms with Crippen LogP contribution in [-0.4, -0.2) is 25.0 Å². The Balaban J connectivity index is 1.71. The summed E-state index contributed by atoms with van der Waals surface area (Å²) in [6.07, 6.45) is 4.37. The van der Waals surface area contributed by atoms with Crippen LogP contribution in [0.2, 0.25) is 0 Å². The number of amides is 2. The molecule has 2 aromatic rings. The van der Waals surface area contributed by atoms with Gasteiger partial charge in [0.05, 0.1) is 7.11 Å². The third-order valence-electron chi connectivity index (χ3n) is 5.64. The predicted octanol–water partition coefficient (Wildman–Crippen LogP) is 4.19. The van der Waals surface area contributed by atoms with E-state index in [1.165, 1.54) is 0 Å². The van der Waals surface area contributed by atoms with Gasteiger partial charge in [-0.25, -0.2) is 0 Å². The molecule has 2 aromatic carbocycles. The lowest BCUT2D eigenvalue weighted by molar-refractivity contribution is -0.130. The number of nitrogens with one attached hydrogen (secondary N) is 2. The maximum Gasteiger partial charge on any atom is 0.247 e. The van der Waals surface area contributed by atoms with Crippen LogP contribution in [0.15, 0.2) is 54.6 Å². The fraction of sp³-hybridized carbons (Fsp3) is 0.417. The van der Waals surface area contributed by atoms with Crippen LogP contribution in [0.4, 0.5) is 5.69 Å². The Kier molecular flexibility index (Phi) is 7.28. The van der Waals surface area contributed by atoms with Gasteiger partial charge in [0.1, 0.15) is 11.8 Å². The summed E-state index contributed by atoms with van der Waals surface area (Å²) in [4.78, 5) is 25.9. The topological polar surface area (TPSA) is 67.4 Å². The average Bonchev–Trinajstić information content (AvgIpc) is 2.74. The SMILES string of the molecule is COc1cccc(NC(=O)[C@H](Cc2ccccc2)NC(=O)C2CCC(C)CC2)c1. The minimum atomic E-state index is -0.629. The normalized spacial score (nSPS) is 19.8. The molecule has 5 nitrogen and oxygen atoms in total. The molecule has 1 atom stereocenters. The Hall–Kier alpha value is -2.82. The molecule has 1 fully saturated rings. The van der Waals surface area contributed by atoms with Gasteiger partial charge in [-0.05, 0) is 49.3 Å². The van der Waals surface area contributed by atoms with Crippen LogP contribution in [0.1, 0.15) is 38.2 Å². The fourth-order valence-corrected chi connectivity index (χ4v) is 3.80. The van der Waals surface area contributed by atoms with Crippen molar-refractivity contribution in [3.05, 3.63) is 60.2 Å². The summed E-state index contributed by atoms with van der Waals surface area (Å²) >= 11 is 0. The molecule has 1 aliphatic carbocycles. The zero-order chi connectivity index (χ0) is 20.6. The van der Waals surface area contributed by atoms with E-state index in [-0.39, 0.29) is 17.7 Å². The highest BCUT2D eigenvalue weighted by atomic mass is 16.5. The number of anilines is 1. The summed E-state index contributed by atoms with van der Waals surface area (Å²) in [7, 11) is 1.59. The molecule has 0 bridgehead atoms. The smallest absolute Gasteiger partial charge is 0.247 e. The van der Waals surface area contributed by atoms with Gasteiger partial charge < -0.3 is 15.4 Å². The number of methoxy groups -OCH3 is 1. The number of hydrogen-bond donors (Lipinski definition) is 2. The van der Waals surface area contributed by atoms with Gasteiger partial charge in [0.25, 0.3) is 0 Å². The molecule has 0 spiro atoms. The number of hydrogen-bond acceptors (Lipinski definition) is 3. The van der Waals surface area contributed by atoms with Crippen LogP contribution in [0.25, 0.3) is 0 Å². The van der Waals surface area contributed by atoms with E-state index >= 15 is 0 Å². The molecule has 1 aliphatic rings.